The molecule has 3 N–H and O–H groups in total. The van der Waals surface area contributed by atoms with Gasteiger partial charge in [0.1, 0.15) is 17.4 Å². The van der Waals surface area contributed by atoms with E-state index < -0.39 is 77.1 Å². The molecule has 36 heavy (non-hydrogen) atoms. The topological polar surface area (TPSA) is 108 Å². The number of hydrogen-bond donors (Lipinski definition) is 3. The highest BCUT2D eigenvalue weighted by Crippen LogP contribution is 2.33. The number of imide groups is 1. The standard InChI is InChI=1S/C22H19ClF5N3O5/c1-10(22(26,27)28)36-17-8-16(29-21(35)31-11(9-32)5-6-18(31)33)15(25)7-12(17)20(34)30-19-13(23)3-2-4-14(19)24/h2-4,7-8,10-11,32H,5-6,9H2,1H3,(H,29,35)(H,30,34)/t10-,11?/m0/s1. The predicted molar refractivity (Wildman–Crippen MR) is 118 cm³/mol. The van der Waals surface area contributed by atoms with Crippen molar-refractivity contribution < 1.29 is 46.2 Å². The predicted octanol–water partition coefficient (Wildman–Crippen LogP) is 4.72. The fourth-order valence-electron chi connectivity index (χ4n) is 3.35. The van der Waals surface area contributed by atoms with Crippen LogP contribution in [0.5, 0.6) is 5.75 Å². The number of likely N-dealkylation sites (tertiary alicyclic amines) is 1. The number of para-hydroxylation sites is 1. The Kier molecular flexibility index (Phi) is 8.04. The molecule has 8 nitrogen and oxygen atoms in total. The van der Waals surface area contributed by atoms with Gasteiger partial charge in [0.2, 0.25) is 5.91 Å². The zero-order valence-corrected chi connectivity index (χ0v) is 19.2. The molecule has 0 aliphatic carbocycles. The number of rotatable bonds is 6. The third-order valence-corrected chi connectivity index (χ3v) is 5.59. The van der Waals surface area contributed by atoms with E-state index in [-0.39, 0.29) is 17.9 Å². The summed E-state index contributed by atoms with van der Waals surface area (Å²) in [5.74, 6) is -4.93. The van der Waals surface area contributed by atoms with Gasteiger partial charge in [0.05, 0.1) is 34.6 Å². The van der Waals surface area contributed by atoms with Gasteiger partial charge >= 0.3 is 12.2 Å². The second kappa shape index (κ2) is 10.7. The fourth-order valence-corrected chi connectivity index (χ4v) is 3.56. The Morgan fingerprint density at radius 1 is 1.22 bits per heavy atom. The van der Waals surface area contributed by atoms with Gasteiger partial charge in [-0.2, -0.15) is 13.2 Å². The zero-order chi connectivity index (χ0) is 26.8. The molecule has 1 heterocycles. The van der Waals surface area contributed by atoms with Gasteiger partial charge in [-0.25, -0.2) is 13.6 Å². The third-order valence-electron chi connectivity index (χ3n) is 5.28. The largest absolute Gasteiger partial charge is 0.480 e. The van der Waals surface area contributed by atoms with Crippen LogP contribution in [0.4, 0.5) is 38.1 Å². The minimum absolute atomic E-state index is 0.0453. The van der Waals surface area contributed by atoms with Crippen molar-refractivity contribution in [2.24, 2.45) is 0 Å². The Bertz CT molecular complexity index is 1170. The van der Waals surface area contributed by atoms with Crippen LogP contribution in [0, 0.1) is 11.6 Å². The molecule has 14 heteroatoms. The maximum Gasteiger partial charge on any atom is 0.425 e. The van der Waals surface area contributed by atoms with E-state index in [0.29, 0.717) is 24.0 Å². The number of ether oxygens (including phenoxy) is 1. The van der Waals surface area contributed by atoms with Crippen LogP contribution in [0.3, 0.4) is 0 Å². The van der Waals surface area contributed by atoms with Crippen LogP contribution in [0.15, 0.2) is 30.3 Å². The molecule has 194 valence electrons. The number of aliphatic hydroxyl groups excluding tert-OH is 1. The number of nitrogens with one attached hydrogen (secondary N) is 2. The van der Waals surface area contributed by atoms with Crippen molar-refractivity contribution in [1.82, 2.24) is 4.90 Å². The summed E-state index contributed by atoms with van der Waals surface area (Å²) in [4.78, 5) is 37.9. The van der Waals surface area contributed by atoms with E-state index in [1.54, 1.807) is 0 Å². The van der Waals surface area contributed by atoms with E-state index in [0.717, 1.165) is 6.07 Å². The van der Waals surface area contributed by atoms with E-state index in [2.05, 4.69) is 5.32 Å². The smallest absolute Gasteiger partial charge is 0.425 e. The highest BCUT2D eigenvalue weighted by atomic mass is 35.5. The highest BCUT2D eigenvalue weighted by Gasteiger charge is 2.39. The van der Waals surface area contributed by atoms with Crippen LogP contribution < -0.4 is 15.4 Å². The highest BCUT2D eigenvalue weighted by molar-refractivity contribution is 6.34. The average Bonchev–Trinajstić information content (AvgIpc) is 3.18. The lowest BCUT2D eigenvalue weighted by molar-refractivity contribution is -0.189. The molecular weight excluding hydrogens is 517 g/mol. The summed E-state index contributed by atoms with van der Waals surface area (Å²) >= 11 is 5.85. The summed E-state index contributed by atoms with van der Waals surface area (Å²) in [5.41, 5.74) is -1.97. The molecule has 3 rings (SSSR count). The molecule has 0 aromatic heterocycles. The third kappa shape index (κ3) is 5.85. The van der Waals surface area contributed by atoms with Crippen molar-refractivity contribution in [2.45, 2.75) is 38.1 Å². The molecule has 4 amide bonds. The second-order valence-electron chi connectivity index (χ2n) is 7.75. The Balaban J connectivity index is 1.98. The maximum atomic E-state index is 14.9. The number of hydrogen-bond acceptors (Lipinski definition) is 5. The van der Waals surface area contributed by atoms with Crippen molar-refractivity contribution in [2.75, 3.05) is 17.2 Å². The van der Waals surface area contributed by atoms with Gasteiger partial charge in [-0.3, -0.25) is 14.5 Å². The van der Waals surface area contributed by atoms with E-state index in [1.165, 1.54) is 12.1 Å². The van der Waals surface area contributed by atoms with Gasteiger partial charge in [0.15, 0.2) is 6.10 Å². The summed E-state index contributed by atoms with van der Waals surface area (Å²) in [7, 11) is 0. The lowest BCUT2D eigenvalue weighted by Gasteiger charge is -2.23. The summed E-state index contributed by atoms with van der Waals surface area (Å²) in [6.07, 6.45) is -7.22. The molecule has 2 aromatic rings. The van der Waals surface area contributed by atoms with Crippen LogP contribution in [0.1, 0.15) is 30.1 Å². The number of nitrogens with zero attached hydrogens (tertiary/aromatic N) is 1. The molecule has 1 unspecified atom stereocenters. The van der Waals surface area contributed by atoms with Gasteiger partial charge in [0, 0.05) is 12.5 Å². The Morgan fingerprint density at radius 2 is 1.92 bits per heavy atom. The molecule has 0 spiro atoms. The summed E-state index contributed by atoms with van der Waals surface area (Å²) in [6.45, 7) is 0.0859. The number of halogens is 6. The van der Waals surface area contributed by atoms with Crippen molar-refractivity contribution in [3.63, 3.8) is 0 Å². The molecular formula is C22H19ClF5N3O5. The quantitative estimate of drug-likeness (QED) is 0.464. The minimum Gasteiger partial charge on any atom is -0.480 e. The molecule has 2 aromatic carbocycles. The second-order valence-corrected chi connectivity index (χ2v) is 8.16. The number of carbonyl (C=O) groups is 3. The first-order valence-electron chi connectivity index (χ1n) is 10.4. The molecule has 0 radical (unpaired) electrons. The Labute approximate surface area is 206 Å². The van der Waals surface area contributed by atoms with Gasteiger partial charge in [-0.1, -0.05) is 17.7 Å². The lowest BCUT2D eigenvalue weighted by Crippen LogP contribution is -2.43. The van der Waals surface area contributed by atoms with E-state index in [1.807, 2.05) is 5.32 Å². The van der Waals surface area contributed by atoms with E-state index in [9.17, 15) is 41.4 Å². The summed E-state index contributed by atoms with van der Waals surface area (Å²) in [5, 5.41) is 13.2. The van der Waals surface area contributed by atoms with Gasteiger partial charge < -0.3 is 20.5 Å². The van der Waals surface area contributed by atoms with Gasteiger partial charge in [-0.05, 0) is 31.5 Å². The van der Waals surface area contributed by atoms with Gasteiger partial charge in [0.25, 0.3) is 5.91 Å². The van der Waals surface area contributed by atoms with E-state index >= 15 is 0 Å². The summed E-state index contributed by atoms with van der Waals surface area (Å²) < 4.78 is 73.2. The molecule has 1 saturated heterocycles. The maximum absolute atomic E-state index is 14.9. The first kappa shape index (κ1) is 27.1. The van der Waals surface area contributed by atoms with E-state index in [4.69, 9.17) is 16.3 Å². The van der Waals surface area contributed by atoms with Crippen LogP contribution in [-0.4, -0.2) is 52.8 Å². The first-order chi connectivity index (χ1) is 16.8. The fraction of sp³-hybridized carbons (Fsp3) is 0.318. The normalized spacial score (nSPS) is 16.6. The first-order valence-corrected chi connectivity index (χ1v) is 10.8. The number of benzene rings is 2. The number of aliphatic hydroxyl groups is 1. The summed E-state index contributed by atoms with van der Waals surface area (Å²) in [6, 6.07) is 2.55. The average molecular weight is 536 g/mol. The minimum atomic E-state index is -4.88. The number of alkyl halides is 3. The molecule has 1 aliphatic heterocycles. The number of amides is 4. The Hall–Kier alpha value is -3.45. The van der Waals surface area contributed by atoms with Crippen LogP contribution >= 0.6 is 11.6 Å². The molecule has 1 fully saturated rings. The van der Waals surface area contributed by atoms with Gasteiger partial charge in [-0.15, -0.1) is 0 Å². The van der Waals surface area contributed by atoms with Crippen LogP contribution in [0.2, 0.25) is 5.02 Å². The molecule has 2 atom stereocenters. The molecule has 0 saturated carbocycles. The molecule has 0 bridgehead atoms. The molecule has 1 aliphatic rings. The lowest BCUT2D eigenvalue weighted by atomic mass is 10.1. The number of anilines is 2. The van der Waals surface area contributed by atoms with Crippen LogP contribution in [-0.2, 0) is 4.79 Å². The number of urea groups is 1. The monoisotopic (exact) mass is 535 g/mol. The Morgan fingerprint density at radius 3 is 2.53 bits per heavy atom. The van der Waals surface area contributed by atoms with Crippen molar-refractivity contribution in [1.29, 1.82) is 0 Å². The zero-order valence-electron chi connectivity index (χ0n) is 18.5. The van der Waals surface area contributed by atoms with Crippen molar-refractivity contribution in [3.05, 3.63) is 52.6 Å². The number of carbonyl (C=O) groups excluding carboxylic acids is 3. The van der Waals surface area contributed by atoms with Crippen molar-refractivity contribution >= 4 is 40.8 Å². The van der Waals surface area contributed by atoms with Crippen LogP contribution in [0.25, 0.3) is 0 Å². The van der Waals surface area contributed by atoms with Crippen molar-refractivity contribution in [3.8, 4) is 5.75 Å². The SMILES string of the molecule is C[C@H](Oc1cc(NC(=O)N2C(=O)CCC2CO)c(F)cc1C(=O)Nc1c(F)cccc1Cl)C(F)(F)F.